The van der Waals surface area contributed by atoms with E-state index in [-0.39, 0.29) is 5.91 Å². The van der Waals surface area contributed by atoms with Gasteiger partial charge in [-0.25, -0.2) is 0 Å². The predicted octanol–water partition coefficient (Wildman–Crippen LogP) is 2.55. The molecule has 1 N–H and O–H groups in total. The zero-order valence-electron chi connectivity index (χ0n) is 11.8. The van der Waals surface area contributed by atoms with Gasteiger partial charge in [-0.1, -0.05) is 31.9 Å². The number of ether oxygens (including phenoxy) is 1. The SMILES string of the molecule is C#CC(CC)(CC)NC(=O)Cc1ccc(OC)cc1. The third-order valence-electron chi connectivity index (χ3n) is 3.39. The fourth-order valence-electron chi connectivity index (χ4n) is 1.91. The molecule has 0 bridgehead atoms. The number of nitrogens with one attached hydrogen (secondary N) is 1. The molecule has 19 heavy (non-hydrogen) atoms. The Morgan fingerprint density at radius 1 is 1.32 bits per heavy atom. The van der Waals surface area contributed by atoms with Gasteiger partial charge in [-0.15, -0.1) is 6.42 Å². The molecule has 0 spiro atoms. The van der Waals surface area contributed by atoms with Crippen LogP contribution in [-0.4, -0.2) is 18.6 Å². The van der Waals surface area contributed by atoms with E-state index in [4.69, 9.17) is 11.2 Å². The summed E-state index contributed by atoms with van der Waals surface area (Å²) in [7, 11) is 1.62. The summed E-state index contributed by atoms with van der Waals surface area (Å²) in [5, 5.41) is 2.95. The van der Waals surface area contributed by atoms with Crippen LogP contribution < -0.4 is 10.1 Å². The molecular weight excluding hydrogens is 238 g/mol. The lowest BCUT2D eigenvalue weighted by molar-refractivity contribution is -0.121. The van der Waals surface area contributed by atoms with Crippen molar-refractivity contribution in [2.24, 2.45) is 0 Å². The summed E-state index contributed by atoms with van der Waals surface area (Å²) >= 11 is 0. The minimum absolute atomic E-state index is 0.0492. The second-order valence-corrected chi connectivity index (χ2v) is 4.51. The van der Waals surface area contributed by atoms with E-state index in [0.29, 0.717) is 6.42 Å². The van der Waals surface area contributed by atoms with Crippen molar-refractivity contribution >= 4 is 5.91 Å². The number of benzene rings is 1. The van der Waals surface area contributed by atoms with Crippen molar-refractivity contribution in [3.63, 3.8) is 0 Å². The first-order chi connectivity index (χ1) is 9.09. The zero-order chi connectivity index (χ0) is 14.3. The summed E-state index contributed by atoms with van der Waals surface area (Å²) < 4.78 is 5.08. The third kappa shape index (κ3) is 4.03. The molecule has 3 nitrogen and oxygen atoms in total. The first-order valence-corrected chi connectivity index (χ1v) is 6.50. The molecular formula is C16H21NO2. The lowest BCUT2D eigenvalue weighted by Gasteiger charge is -2.27. The highest BCUT2D eigenvalue weighted by molar-refractivity contribution is 5.79. The van der Waals surface area contributed by atoms with E-state index in [1.165, 1.54) is 0 Å². The van der Waals surface area contributed by atoms with Gasteiger partial charge < -0.3 is 10.1 Å². The number of terminal acetylenes is 1. The Morgan fingerprint density at radius 3 is 2.32 bits per heavy atom. The molecule has 102 valence electrons. The van der Waals surface area contributed by atoms with Gasteiger partial charge >= 0.3 is 0 Å². The second kappa shape index (κ2) is 6.84. The topological polar surface area (TPSA) is 38.3 Å². The molecule has 1 aromatic rings. The number of carbonyl (C=O) groups is 1. The van der Waals surface area contributed by atoms with Crippen molar-refractivity contribution in [1.29, 1.82) is 0 Å². The van der Waals surface area contributed by atoms with Crippen LogP contribution >= 0.6 is 0 Å². The molecule has 3 heteroatoms. The lowest BCUT2D eigenvalue weighted by atomic mass is 9.93. The van der Waals surface area contributed by atoms with Crippen LogP contribution in [0.3, 0.4) is 0 Å². The van der Waals surface area contributed by atoms with Crippen molar-refractivity contribution in [1.82, 2.24) is 5.32 Å². The van der Waals surface area contributed by atoms with Crippen LogP contribution in [0.4, 0.5) is 0 Å². The molecule has 0 aliphatic carbocycles. The number of hydrogen-bond donors (Lipinski definition) is 1. The largest absolute Gasteiger partial charge is 0.497 e. The van der Waals surface area contributed by atoms with Gasteiger partial charge in [0.1, 0.15) is 11.3 Å². The van der Waals surface area contributed by atoms with Crippen LogP contribution in [0.2, 0.25) is 0 Å². The molecule has 0 heterocycles. The van der Waals surface area contributed by atoms with Gasteiger partial charge in [-0.05, 0) is 30.5 Å². The first-order valence-electron chi connectivity index (χ1n) is 6.50. The van der Waals surface area contributed by atoms with Gasteiger partial charge in [-0.3, -0.25) is 4.79 Å². The summed E-state index contributed by atoms with van der Waals surface area (Å²) in [5.41, 5.74) is 0.417. The van der Waals surface area contributed by atoms with Crippen molar-refractivity contribution in [2.45, 2.75) is 38.6 Å². The number of carbonyl (C=O) groups excluding carboxylic acids is 1. The maximum absolute atomic E-state index is 12.0. The van der Waals surface area contributed by atoms with Crippen LogP contribution in [0.15, 0.2) is 24.3 Å². The third-order valence-corrected chi connectivity index (χ3v) is 3.39. The van der Waals surface area contributed by atoms with Crippen LogP contribution in [0.5, 0.6) is 5.75 Å². The van der Waals surface area contributed by atoms with E-state index >= 15 is 0 Å². The Kier molecular flexibility index (Phi) is 5.44. The van der Waals surface area contributed by atoms with E-state index in [9.17, 15) is 4.79 Å². The molecule has 0 saturated heterocycles. The van der Waals surface area contributed by atoms with Crippen LogP contribution in [-0.2, 0) is 11.2 Å². The summed E-state index contributed by atoms with van der Waals surface area (Å²) in [6.07, 6.45) is 7.31. The summed E-state index contributed by atoms with van der Waals surface area (Å²) in [4.78, 5) is 12.0. The normalized spacial score (nSPS) is 10.6. The molecule has 0 aromatic heterocycles. The first kappa shape index (κ1) is 15.1. The van der Waals surface area contributed by atoms with E-state index < -0.39 is 5.54 Å². The second-order valence-electron chi connectivity index (χ2n) is 4.51. The number of hydrogen-bond acceptors (Lipinski definition) is 2. The van der Waals surface area contributed by atoms with Crippen molar-refractivity contribution in [2.75, 3.05) is 7.11 Å². The van der Waals surface area contributed by atoms with Crippen molar-refractivity contribution in [3.8, 4) is 18.1 Å². The van der Waals surface area contributed by atoms with Gasteiger partial charge in [0.05, 0.1) is 13.5 Å². The lowest BCUT2D eigenvalue weighted by Crippen LogP contribution is -2.47. The Balaban J connectivity index is 2.66. The Morgan fingerprint density at radius 2 is 1.89 bits per heavy atom. The van der Waals surface area contributed by atoms with Gasteiger partial charge in [0.25, 0.3) is 0 Å². The van der Waals surface area contributed by atoms with Crippen molar-refractivity contribution in [3.05, 3.63) is 29.8 Å². The Labute approximate surface area is 115 Å². The fraction of sp³-hybridized carbons (Fsp3) is 0.438. The molecule has 0 unspecified atom stereocenters. The highest BCUT2D eigenvalue weighted by atomic mass is 16.5. The number of methoxy groups -OCH3 is 1. The minimum atomic E-state index is -0.524. The molecule has 0 fully saturated rings. The smallest absolute Gasteiger partial charge is 0.225 e. The van der Waals surface area contributed by atoms with Crippen LogP contribution in [0, 0.1) is 12.3 Å². The van der Waals surface area contributed by atoms with E-state index in [1.54, 1.807) is 7.11 Å². The van der Waals surface area contributed by atoms with Gasteiger partial charge in [0.15, 0.2) is 0 Å². The van der Waals surface area contributed by atoms with E-state index in [1.807, 2.05) is 38.1 Å². The predicted molar refractivity (Wildman–Crippen MR) is 77.0 cm³/mol. The highest BCUT2D eigenvalue weighted by Crippen LogP contribution is 2.15. The minimum Gasteiger partial charge on any atom is -0.497 e. The highest BCUT2D eigenvalue weighted by Gasteiger charge is 2.25. The van der Waals surface area contributed by atoms with Gasteiger partial charge in [0, 0.05) is 0 Å². The average molecular weight is 259 g/mol. The summed E-state index contributed by atoms with van der Waals surface area (Å²) in [5.74, 6) is 3.43. The molecule has 0 aliphatic heterocycles. The Hall–Kier alpha value is -1.95. The molecule has 1 rings (SSSR count). The summed E-state index contributed by atoms with van der Waals surface area (Å²) in [6, 6.07) is 7.45. The number of rotatable bonds is 6. The number of amides is 1. The van der Waals surface area contributed by atoms with Crippen LogP contribution in [0.25, 0.3) is 0 Å². The Bertz CT molecular complexity index is 453. The van der Waals surface area contributed by atoms with Gasteiger partial charge in [-0.2, -0.15) is 0 Å². The monoisotopic (exact) mass is 259 g/mol. The van der Waals surface area contributed by atoms with E-state index in [2.05, 4.69) is 11.2 Å². The molecule has 1 aromatic carbocycles. The quantitative estimate of drug-likeness (QED) is 0.797. The molecule has 0 saturated carbocycles. The average Bonchev–Trinajstić information content (AvgIpc) is 2.46. The fourth-order valence-corrected chi connectivity index (χ4v) is 1.91. The standard InChI is InChI=1S/C16H21NO2/c1-5-16(6-2,7-3)17-15(18)12-13-8-10-14(19-4)11-9-13/h1,8-11H,6-7,12H2,2-4H3,(H,17,18). The van der Waals surface area contributed by atoms with Crippen molar-refractivity contribution < 1.29 is 9.53 Å². The maximum Gasteiger partial charge on any atom is 0.225 e. The zero-order valence-corrected chi connectivity index (χ0v) is 11.8. The maximum atomic E-state index is 12.0. The van der Waals surface area contributed by atoms with E-state index in [0.717, 1.165) is 24.2 Å². The van der Waals surface area contributed by atoms with Gasteiger partial charge in [0.2, 0.25) is 5.91 Å². The summed E-state index contributed by atoms with van der Waals surface area (Å²) in [6.45, 7) is 3.97. The molecule has 0 aliphatic rings. The molecule has 0 radical (unpaired) electrons. The molecule has 1 amide bonds. The van der Waals surface area contributed by atoms with Crippen LogP contribution in [0.1, 0.15) is 32.3 Å². The molecule has 0 atom stereocenters.